The summed E-state index contributed by atoms with van der Waals surface area (Å²) in [6.07, 6.45) is 1.72. The molecule has 1 fully saturated rings. The standard InChI is InChI=1S/C29H29N3O2/c33-27(32-19-18-30-21-25(32)20-22-10-4-1-5-11-22)17-16-26-31-28(23-12-6-2-7-13-23)29(34-26)24-14-8-3-9-15-24/h1-15,25,30H,16-21H2. The average molecular weight is 452 g/mol. The fourth-order valence-electron chi connectivity index (χ4n) is 4.56. The maximum atomic E-state index is 13.2. The summed E-state index contributed by atoms with van der Waals surface area (Å²) in [6, 6.07) is 30.6. The average Bonchev–Trinajstić information content (AvgIpc) is 3.34. The first-order valence-corrected chi connectivity index (χ1v) is 11.9. The van der Waals surface area contributed by atoms with Gasteiger partial charge >= 0.3 is 0 Å². The van der Waals surface area contributed by atoms with Crippen molar-refractivity contribution in [3.63, 3.8) is 0 Å². The van der Waals surface area contributed by atoms with Crippen molar-refractivity contribution in [2.24, 2.45) is 0 Å². The Morgan fingerprint density at radius 3 is 2.26 bits per heavy atom. The van der Waals surface area contributed by atoms with Gasteiger partial charge in [-0.15, -0.1) is 0 Å². The Hall–Kier alpha value is -3.70. The van der Waals surface area contributed by atoms with Crippen LogP contribution >= 0.6 is 0 Å². The Labute approximate surface area is 200 Å². The number of nitrogens with zero attached hydrogens (tertiary/aromatic N) is 2. The molecular weight excluding hydrogens is 422 g/mol. The summed E-state index contributed by atoms with van der Waals surface area (Å²) in [5.74, 6) is 1.50. The molecule has 1 aliphatic heterocycles. The van der Waals surface area contributed by atoms with Crippen LogP contribution in [0, 0.1) is 0 Å². The second-order valence-corrected chi connectivity index (χ2v) is 8.65. The molecule has 0 saturated carbocycles. The Bertz CT molecular complexity index is 1150. The highest BCUT2D eigenvalue weighted by atomic mass is 16.4. The highest BCUT2D eigenvalue weighted by Crippen LogP contribution is 2.33. The smallest absolute Gasteiger partial charge is 0.223 e. The summed E-state index contributed by atoms with van der Waals surface area (Å²) in [5.41, 5.74) is 4.06. The van der Waals surface area contributed by atoms with Crippen LogP contribution < -0.4 is 5.32 Å². The van der Waals surface area contributed by atoms with Crippen molar-refractivity contribution in [2.75, 3.05) is 19.6 Å². The summed E-state index contributed by atoms with van der Waals surface area (Å²) in [6.45, 7) is 2.37. The first kappa shape index (κ1) is 22.1. The van der Waals surface area contributed by atoms with Gasteiger partial charge in [-0.1, -0.05) is 91.0 Å². The molecule has 34 heavy (non-hydrogen) atoms. The fraction of sp³-hybridized carbons (Fsp3) is 0.241. The normalized spacial score (nSPS) is 15.9. The first-order chi connectivity index (χ1) is 16.8. The van der Waals surface area contributed by atoms with Crippen molar-refractivity contribution in [1.29, 1.82) is 0 Å². The number of piperazine rings is 1. The molecule has 3 aromatic carbocycles. The van der Waals surface area contributed by atoms with Crippen molar-refractivity contribution in [3.05, 3.63) is 102 Å². The number of carbonyl (C=O) groups excluding carboxylic acids is 1. The van der Waals surface area contributed by atoms with Gasteiger partial charge in [0.1, 0.15) is 5.69 Å². The van der Waals surface area contributed by atoms with E-state index in [2.05, 4.69) is 29.6 Å². The van der Waals surface area contributed by atoms with Crippen LogP contribution in [0.15, 0.2) is 95.4 Å². The molecule has 0 bridgehead atoms. The molecular formula is C29H29N3O2. The van der Waals surface area contributed by atoms with Gasteiger partial charge in [0, 0.05) is 49.6 Å². The number of nitrogens with one attached hydrogen (secondary N) is 1. The summed E-state index contributed by atoms with van der Waals surface area (Å²) in [7, 11) is 0. The number of oxazole rings is 1. The summed E-state index contributed by atoms with van der Waals surface area (Å²) < 4.78 is 6.22. The Balaban J connectivity index is 1.32. The third-order valence-corrected chi connectivity index (χ3v) is 6.29. The first-order valence-electron chi connectivity index (χ1n) is 11.9. The zero-order chi connectivity index (χ0) is 23.2. The Morgan fingerprint density at radius 2 is 1.56 bits per heavy atom. The number of hydrogen-bond acceptors (Lipinski definition) is 4. The number of carbonyl (C=O) groups is 1. The third-order valence-electron chi connectivity index (χ3n) is 6.29. The second kappa shape index (κ2) is 10.5. The molecule has 4 aromatic rings. The molecule has 0 radical (unpaired) electrons. The SMILES string of the molecule is O=C(CCc1nc(-c2ccccc2)c(-c2ccccc2)o1)N1CCNCC1Cc1ccccc1. The van der Waals surface area contributed by atoms with Gasteiger partial charge in [0.25, 0.3) is 0 Å². The van der Waals surface area contributed by atoms with Gasteiger partial charge in [-0.3, -0.25) is 4.79 Å². The van der Waals surface area contributed by atoms with Crippen molar-refractivity contribution in [2.45, 2.75) is 25.3 Å². The number of benzene rings is 3. The van der Waals surface area contributed by atoms with Gasteiger partial charge in [0.2, 0.25) is 5.91 Å². The number of rotatable bonds is 7. The van der Waals surface area contributed by atoms with E-state index in [1.54, 1.807) is 0 Å². The van der Waals surface area contributed by atoms with Crippen molar-refractivity contribution in [1.82, 2.24) is 15.2 Å². The number of hydrogen-bond donors (Lipinski definition) is 1. The van der Waals surface area contributed by atoms with E-state index in [0.29, 0.717) is 18.7 Å². The molecule has 2 heterocycles. The monoisotopic (exact) mass is 451 g/mol. The molecule has 1 unspecified atom stereocenters. The molecule has 5 rings (SSSR count). The molecule has 1 aromatic heterocycles. The second-order valence-electron chi connectivity index (χ2n) is 8.65. The predicted molar refractivity (Wildman–Crippen MR) is 134 cm³/mol. The molecule has 0 spiro atoms. The van der Waals surface area contributed by atoms with Crippen LogP contribution in [0.4, 0.5) is 0 Å². The zero-order valence-electron chi connectivity index (χ0n) is 19.2. The minimum Gasteiger partial charge on any atom is -0.440 e. The molecule has 1 amide bonds. The van der Waals surface area contributed by atoms with Crippen LogP contribution in [0.1, 0.15) is 17.9 Å². The Morgan fingerprint density at radius 1 is 0.912 bits per heavy atom. The molecule has 0 aliphatic carbocycles. The van der Waals surface area contributed by atoms with E-state index in [0.717, 1.165) is 48.6 Å². The molecule has 1 saturated heterocycles. The predicted octanol–water partition coefficient (Wildman–Crippen LogP) is 4.98. The lowest BCUT2D eigenvalue weighted by Crippen LogP contribution is -2.54. The maximum absolute atomic E-state index is 13.2. The van der Waals surface area contributed by atoms with Crippen molar-refractivity contribution >= 4 is 5.91 Å². The van der Waals surface area contributed by atoms with Gasteiger partial charge in [-0.25, -0.2) is 4.98 Å². The topological polar surface area (TPSA) is 58.4 Å². The quantitative estimate of drug-likeness (QED) is 0.430. The van der Waals surface area contributed by atoms with Gasteiger partial charge in [0.15, 0.2) is 11.7 Å². The van der Waals surface area contributed by atoms with E-state index in [9.17, 15) is 4.79 Å². The minimum absolute atomic E-state index is 0.156. The van der Waals surface area contributed by atoms with E-state index in [1.807, 2.05) is 71.6 Å². The van der Waals surface area contributed by atoms with E-state index < -0.39 is 0 Å². The van der Waals surface area contributed by atoms with E-state index in [4.69, 9.17) is 9.40 Å². The molecule has 1 atom stereocenters. The molecule has 1 N–H and O–H groups in total. The zero-order valence-corrected chi connectivity index (χ0v) is 19.2. The van der Waals surface area contributed by atoms with Crippen LogP contribution in [-0.2, 0) is 17.6 Å². The molecule has 1 aliphatic rings. The maximum Gasteiger partial charge on any atom is 0.223 e. The summed E-state index contributed by atoms with van der Waals surface area (Å²) >= 11 is 0. The van der Waals surface area contributed by atoms with Crippen molar-refractivity contribution < 1.29 is 9.21 Å². The van der Waals surface area contributed by atoms with E-state index in [1.165, 1.54) is 5.56 Å². The molecule has 5 nitrogen and oxygen atoms in total. The fourth-order valence-corrected chi connectivity index (χ4v) is 4.56. The highest BCUT2D eigenvalue weighted by Gasteiger charge is 2.27. The van der Waals surface area contributed by atoms with Crippen LogP contribution in [0.25, 0.3) is 22.6 Å². The number of aryl methyl sites for hydroxylation is 1. The Kier molecular flexibility index (Phi) is 6.82. The highest BCUT2D eigenvalue weighted by molar-refractivity contribution is 5.78. The van der Waals surface area contributed by atoms with Crippen molar-refractivity contribution in [3.8, 4) is 22.6 Å². The van der Waals surface area contributed by atoms with Crippen LogP contribution in [-0.4, -0.2) is 41.5 Å². The number of aromatic nitrogens is 1. The molecule has 5 heteroatoms. The molecule has 172 valence electrons. The van der Waals surface area contributed by atoms with Crippen LogP contribution in [0.2, 0.25) is 0 Å². The van der Waals surface area contributed by atoms with Crippen LogP contribution in [0.3, 0.4) is 0 Å². The number of amides is 1. The largest absolute Gasteiger partial charge is 0.440 e. The van der Waals surface area contributed by atoms with E-state index >= 15 is 0 Å². The van der Waals surface area contributed by atoms with Gasteiger partial charge in [0.05, 0.1) is 0 Å². The van der Waals surface area contributed by atoms with Gasteiger partial charge in [-0.2, -0.15) is 0 Å². The lowest BCUT2D eigenvalue weighted by Gasteiger charge is -2.36. The minimum atomic E-state index is 0.156. The van der Waals surface area contributed by atoms with Gasteiger partial charge < -0.3 is 14.6 Å². The van der Waals surface area contributed by atoms with E-state index in [-0.39, 0.29) is 11.9 Å². The lowest BCUT2D eigenvalue weighted by atomic mass is 10.0. The lowest BCUT2D eigenvalue weighted by molar-refractivity contribution is -0.134. The summed E-state index contributed by atoms with van der Waals surface area (Å²) in [5, 5.41) is 3.44. The van der Waals surface area contributed by atoms with Crippen LogP contribution in [0.5, 0.6) is 0 Å². The summed E-state index contributed by atoms with van der Waals surface area (Å²) in [4.78, 5) is 20.1. The third kappa shape index (κ3) is 5.10. The van der Waals surface area contributed by atoms with Gasteiger partial charge in [-0.05, 0) is 12.0 Å².